The van der Waals surface area contributed by atoms with Crippen molar-refractivity contribution in [2.45, 2.75) is 37.1 Å². The van der Waals surface area contributed by atoms with Crippen molar-refractivity contribution in [2.75, 3.05) is 13.2 Å². The van der Waals surface area contributed by atoms with Gasteiger partial charge in [-0.1, -0.05) is 6.07 Å². The highest BCUT2D eigenvalue weighted by Gasteiger charge is 2.42. The number of hydrogen-bond acceptors (Lipinski definition) is 3. The summed E-state index contributed by atoms with van der Waals surface area (Å²) in [5.41, 5.74) is 6.48. The Kier molecular flexibility index (Phi) is 2.89. The third-order valence-electron chi connectivity index (χ3n) is 3.99. The minimum Gasteiger partial charge on any atom is -0.486 e. The largest absolute Gasteiger partial charge is 0.486 e. The van der Waals surface area contributed by atoms with Gasteiger partial charge in [0.2, 0.25) is 5.92 Å². The predicted molar refractivity (Wildman–Crippen MR) is 66.7 cm³/mol. The molecule has 1 heterocycles. The van der Waals surface area contributed by atoms with Gasteiger partial charge in [-0.15, -0.1) is 0 Å². The molecule has 1 aromatic carbocycles. The van der Waals surface area contributed by atoms with E-state index < -0.39 is 11.5 Å². The molecule has 2 N–H and O–H groups in total. The van der Waals surface area contributed by atoms with Gasteiger partial charge in [0.25, 0.3) is 0 Å². The summed E-state index contributed by atoms with van der Waals surface area (Å²) in [6, 6.07) is 5.50. The minimum atomic E-state index is -2.57. The normalized spacial score (nSPS) is 23.9. The first kappa shape index (κ1) is 12.7. The highest BCUT2D eigenvalue weighted by atomic mass is 19.3. The molecule has 1 aliphatic carbocycles. The lowest BCUT2D eigenvalue weighted by molar-refractivity contribution is -0.0514. The Labute approximate surface area is 110 Å². The van der Waals surface area contributed by atoms with Crippen LogP contribution in [0.25, 0.3) is 0 Å². The van der Waals surface area contributed by atoms with Gasteiger partial charge in [0.1, 0.15) is 13.2 Å². The van der Waals surface area contributed by atoms with Crippen LogP contribution in [0.2, 0.25) is 0 Å². The quantitative estimate of drug-likeness (QED) is 0.852. The van der Waals surface area contributed by atoms with Gasteiger partial charge in [0.15, 0.2) is 11.5 Å². The van der Waals surface area contributed by atoms with E-state index in [1.165, 1.54) is 0 Å². The average Bonchev–Trinajstić information content (AvgIpc) is 2.42. The standard InChI is InChI=1S/C14H17F2NO2/c15-14(16)5-3-13(17,4-6-14)10-1-2-11-12(9-10)19-8-7-18-11/h1-2,9H,3-8,17H2. The Morgan fingerprint density at radius 3 is 2.26 bits per heavy atom. The van der Waals surface area contributed by atoms with Crippen LogP contribution in [-0.4, -0.2) is 19.1 Å². The van der Waals surface area contributed by atoms with Crippen LogP contribution in [0.15, 0.2) is 18.2 Å². The summed E-state index contributed by atoms with van der Waals surface area (Å²) < 4.78 is 37.4. The Morgan fingerprint density at radius 2 is 1.58 bits per heavy atom. The Morgan fingerprint density at radius 1 is 0.947 bits per heavy atom. The monoisotopic (exact) mass is 269 g/mol. The second-order valence-corrected chi connectivity index (χ2v) is 5.37. The number of rotatable bonds is 1. The van der Waals surface area contributed by atoms with Gasteiger partial charge in [-0.05, 0) is 30.5 Å². The molecule has 5 heteroatoms. The number of ether oxygens (including phenoxy) is 2. The molecule has 2 aliphatic rings. The summed E-state index contributed by atoms with van der Waals surface area (Å²) in [6.07, 6.45) is 0.273. The highest BCUT2D eigenvalue weighted by Crippen LogP contribution is 2.44. The third kappa shape index (κ3) is 2.39. The zero-order chi connectivity index (χ0) is 13.5. The number of nitrogens with two attached hydrogens (primary N) is 1. The molecule has 3 nitrogen and oxygen atoms in total. The maximum absolute atomic E-state index is 13.2. The van der Waals surface area contributed by atoms with Crippen LogP contribution in [0.3, 0.4) is 0 Å². The maximum atomic E-state index is 13.2. The zero-order valence-electron chi connectivity index (χ0n) is 10.6. The fraction of sp³-hybridized carbons (Fsp3) is 0.571. The van der Waals surface area contributed by atoms with Gasteiger partial charge in [-0.3, -0.25) is 0 Å². The Hall–Kier alpha value is -1.36. The van der Waals surface area contributed by atoms with Gasteiger partial charge >= 0.3 is 0 Å². The minimum absolute atomic E-state index is 0.155. The van der Waals surface area contributed by atoms with Crippen LogP contribution >= 0.6 is 0 Å². The lowest BCUT2D eigenvalue weighted by Gasteiger charge is -2.37. The first-order valence-electron chi connectivity index (χ1n) is 6.55. The van der Waals surface area contributed by atoms with Gasteiger partial charge in [-0.25, -0.2) is 8.78 Å². The van der Waals surface area contributed by atoms with E-state index in [0.29, 0.717) is 37.6 Å². The summed E-state index contributed by atoms with van der Waals surface area (Å²) in [5.74, 6) is -1.22. The van der Waals surface area contributed by atoms with Crippen molar-refractivity contribution in [1.82, 2.24) is 0 Å². The van der Waals surface area contributed by atoms with Crippen molar-refractivity contribution in [1.29, 1.82) is 0 Å². The molecule has 0 spiro atoms. The highest BCUT2D eigenvalue weighted by molar-refractivity contribution is 5.46. The molecule has 0 unspecified atom stereocenters. The van der Waals surface area contributed by atoms with Gasteiger partial charge in [0, 0.05) is 18.4 Å². The first-order valence-corrected chi connectivity index (χ1v) is 6.55. The number of hydrogen-bond donors (Lipinski definition) is 1. The second kappa shape index (κ2) is 4.34. The predicted octanol–water partition coefficient (Wildman–Crippen LogP) is 2.82. The van der Waals surface area contributed by atoms with Crippen molar-refractivity contribution in [3.63, 3.8) is 0 Å². The van der Waals surface area contributed by atoms with E-state index in [-0.39, 0.29) is 12.8 Å². The fourth-order valence-electron chi connectivity index (χ4n) is 2.70. The summed E-state index contributed by atoms with van der Waals surface area (Å²) >= 11 is 0. The lowest BCUT2D eigenvalue weighted by Crippen LogP contribution is -2.43. The Balaban J connectivity index is 1.86. The van der Waals surface area contributed by atoms with Crippen LogP contribution in [0.1, 0.15) is 31.2 Å². The fourth-order valence-corrected chi connectivity index (χ4v) is 2.70. The first-order chi connectivity index (χ1) is 8.99. The second-order valence-electron chi connectivity index (χ2n) is 5.37. The Bertz CT molecular complexity index is 480. The molecule has 19 heavy (non-hydrogen) atoms. The SMILES string of the molecule is NC1(c2ccc3c(c2)OCCO3)CCC(F)(F)CC1. The van der Waals surface area contributed by atoms with E-state index in [9.17, 15) is 8.78 Å². The molecule has 104 valence electrons. The van der Waals surface area contributed by atoms with Crippen LogP contribution in [0, 0.1) is 0 Å². The maximum Gasteiger partial charge on any atom is 0.248 e. The number of alkyl halides is 2. The van der Waals surface area contributed by atoms with E-state index in [0.717, 1.165) is 5.56 Å². The molecule has 0 radical (unpaired) electrons. The summed E-state index contributed by atoms with van der Waals surface area (Å²) in [7, 11) is 0. The van der Waals surface area contributed by atoms with Crippen molar-refractivity contribution >= 4 is 0 Å². The molecule has 1 saturated carbocycles. The molecule has 1 aliphatic heterocycles. The summed E-state index contributed by atoms with van der Waals surface area (Å²) in [4.78, 5) is 0. The lowest BCUT2D eigenvalue weighted by atomic mass is 9.76. The zero-order valence-corrected chi connectivity index (χ0v) is 10.6. The molecule has 0 amide bonds. The van der Waals surface area contributed by atoms with E-state index >= 15 is 0 Å². The van der Waals surface area contributed by atoms with E-state index in [4.69, 9.17) is 15.2 Å². The summed E-state index contributed by atoms with van der Waals surface area (Å²) in [5, 5.41) is 0. The topological polar surface area (TPSA) is 44.5 Å². The van der Waals surface area contributed by atoms with E-state index in [1.54, 1.807) is 0 Å². The summed E-state index contributed by atoms with van der Waals surface area (Å²) in [6.45, 7) is 1.04. The molecule has 1 aromatic rings. The third-order valence-corrected chi connectivity index (χ3v) is 3.99. The van der Waals surface area contributed by atoms with Gasteiger partial charge in [0.05, 0.1) is 0 Å². The van der Waals surface area contributed by atoms with E-state index in [1.807, 2.05) is 18.2 Å². The number of fused-ring (bicyclic) bond motifs is 1. The molecule has 0 atom stereocenters. The molecule has 0 aromatic heterocycles. The average molecular weight is 269 g/mol. The molecule has 1 fully saturated rings. The van der Waals surface area contributed by atoms with Gasteiger partial charge < -0.3 is 15.2 Å². The molecular weight excluding hydrogens is 252 g/mol. The van der Waals surface area contributed by atoms with Crippen LogP contribution in [0.4, 0.5) is 8.78 Å². The van der Waals surface area contributed by atoms with Crippen molar-refractivity contribution in [3.05, 3.63) is 23.8 Å². The van der Waals surface area contributed by atoms with Crippen LogP contribution in [-0.2, 0) is 5.54 Å². The van der Waals surface area contributed by atoms with Crippen LogP contribution in [0.5, 0.6) is 11.5 Å². The number of benzene rings is 1. The molecule has 0 bridgehead atoms. The molecule has 3 rings (SSSR count). The van der Waals surface area contributed by atoms with Crippen molar-refractivity contribution < 1.29 is 18.3 Å². The molecule has 0 saturated heterocycles. The molecular formula is C14H17F2NO2. The van der Waals surface area contributed by atoms with Crippen molar-refractivity contribution in [2.24, 2.45) is 5.73 Å². The van der Waals surface area contributed by atoms with Gasteiger partial charge in [-0.2, -0.15) is 0 Å². The smallest absolute Gasteiger partial charge is 0.248 e. The van der Waals surface area contributed by atoms with E-state index in [2.05, 4.69) is 0 Å². The number of halogens is 2. The van der Waals surface area contributed by atoms with Crippen molar-refractivity contribution in [3.8, 4) is 11.5 Å². The van der Waals surface area contributed by atoms with Crippen LogP contribution < -0.4 is 15.2 Å².